The van der Waals surface area contributed by atoms with Gasteiger partial charge in [-0.2, -0.15) is 5.10 Å². The van der Waals surface area contributed by atoms with Crippen molar-refractivity contribution in [1.29, 1.82) is 0 Å². The Morgan fingerprint density at radius 3 is 2.29 bits per heavy atom. The molecule has 11 heteroatoms. The smallest absolute Gasteiger partial charge is 0.238 e. The van der Waals surface area contributed by atoms with Crippen molar-refractivity contribution < 1.29 is 19.1 Å². The van der Waals surface area contributed by atoms with E-state index in [1.54, 1.807) is 35.9 Å². The van der Waals surface area contributed by atoms with E-state index in [0.717, 1.165) is 24.4 Å². The zero-order valence-corrected chi connectivity index (χ0v) is 20.3. The summed E-state index contributed by atoms with van der Waals surface area (Å²) in [4.78, 5) is 26.8. The molecule has 3 N–H and O–H groups in total. The summed E-state index contributed by atoms with van der Waals surface area (Å²) in [5.41, 5.74) is 2.19. The standard InChI is InChI=1S/C24H28N6O4S/c1-33-20-8-2-17(3-9-20)23-27-28-24(35)30(23)11-10-21(31)25-18-4-6-19(7-5-18)26-22(32)16-29-12-14-34-15-13-29/h2-9H,10-16H2,1H3,(H,25,31)(H,26,32)(H,28,35). The molecule has 1 fully saturated rings. The summed E-state index contributed by atoms with van der Waals surface area (Å²) >= 11 is 5.35. The van der Waals surface area contributed by atoms with E-state index in [1.165, 1.54) is 0 Å². The van der Waals surface area contributed by atoms with Gasteiger partial charge in [0, 0.05) is 43.0 Å². The van der Waals surface area contributed by atoms with Crippen LogP contribution in [0.2, 0.25) is 0 Å². The summed E-state index contributed by atoms with van der Waals surface area (Å²) in [5, 5.41) is 12.9. The highest BCUT2D eigenvalue weighted by Crippen LogP contribution is 2.21. The zero-order chi connectivity index (χ0) is 24.6. The minimum atomic E-state index is -0.155. The minimum Gasteiger partial charge on any atom is -0.497 e. The Balaban J connectivity index is 1.28. The third-order valence-corrected chi connectivity index (χ3v) is 5.90. The van der Waals surface area contributed by atoms with Crippen LogP contribution in [-0.2, 0) is 20.9 Å². The summed E-state index contributed by atoms with van der Waals surface area (Å²) in [7, 11) is 1.61. The lowest BCUT2D eigenvalue weighted by molar-refractivity contribution is -0.118. The maximum atomic E-state index is 12.5. The number of morpholine rings is 1. The predicted molar refractivity (Wildman–Crippen MR) is 135 cm³/mol. The lowest BCUT2D eigenvalue weighted by atomic mass is 10.2. The molecule has 0 aliphatic carbocycles. The topological polar surface area (TPSA) is 114 Å². The van der Waals surface area contributed by atoms with Crippen molar-refractivity contribution in [3.8, 4) is 17.1 Å². The van der Waals surface area contributed by atoms with E-state index in [9.17, 15) is 9.59 Å². The van der Waals surface area contributed by atoms with Crippen molar-refractivity contribution in [1.82, 2.24) is 19.7 Å². The second kappa shape index (κ2) is 11.7. The quantitative estimate of drug-likeness (QED) is 0.391. The van der Waals surface area contributed by atoms with Crippen LogP contribution in [-0.4, -0.2) is 71.4 Å². The lowest BCUT2D eigenvalue weighted by Crippen LogP contribution is -2.41. The van der Waals surface area contributed by atoms with Gasteiger partial charge in [0.25, 0.3) is 0 Å². The summed E-state index contributed by atoms with van der Waals surface area (Å²) in [5.74, 6) is 1.17. The number of benzene rings is 2. The highest BCUT2D eigenvalue weighted by atomic mass is 32.1. The fraction of sp³-hybridized carbons (Fsp3) is 0.333. The highest BCUT2D eigenvalue weighted by molar-refractivity contribution is 7.71. The summed E-state index contributed by atoms with van der Waals surface area (Å²) in [6.07, 6.45) is 0.217. The fourth-order valence-electron chi connectivity index (χ4n) is 3.72. The lowest BCUT2D eigenvalue weighted by Gasteiger charge is -2.25. The number of nitrogens with zero attached hydrogens (tertiary/aromatic N) is 3. The van der Waals surface area contributed by atoms with Crippen molar-refractivity contribution in [3.05, 3.63) is 53.3 Å². The van der Waals surface area contributed by atoms with E-state index in [-0.39, 0.29) is 18.2 Å². The van der Waals surface area contributed by atoms with Gasteiger partial charge in [0.15, 0.2) is 10.6 Å². The summed E-state index contributed by atoms with van der Waals surface area (Å²) in [6.45, 7) is 3.51. The predicted octanol–water partition coefficient (Wildman–Crippen LogP) is 2.92. The minimum absolute atomic E-state index is 0.0757. The Bertz CT molecular complexity index is 1200. The van der Waals surface area contributed by atoms with Gasteiger partial charge in [-0.05, 0) is 60.7 Å². The summed E-state index contributed by atoms with van der Waals surface area (Å²) in [6, 6.07) is 14.5. The first-order valence-electron chi connectivity index (χ1n) is 11.3. The van der Waals surface area contributed by atoms with Crippen molar-refractivity contribution in [2.75, 3.05) is 50.6 Å². The van der Waals surface area contributed by atoms with Crippen LogP contribution in [0.1, 0.15) is 6.42 Å². The largest absolute Gasteiger partial charge is 0.497 e. The molecule has 0 bridgehead atoms. The molecular weight excluding hydrogens is 468 g/mol. The summed E-state index contributed by atoms with van der Waals surface area (Å²) < 4.78 is 12.7. The van der Waals surface area contributed by atoms with Gasteiger partial charge in [-0.1, -0.05) is 0 Å². The van der Waals surface area contributed by atoms with Crippen LogP contribution in [0.3, 0.4) is 0 Å². The van der Waals surface area contributed by atoms with E-state index in [1.807, 2.05) is 24.3 Å². The fourth-order valence-corrected chi connectivity index (χ4v) is 3.95. The molecular formula is C24H28N6O4S. The molecule has 10 nitrogen and oxygen atoms in total. The molecule has 1 aliphatic rings. The van der Waals surface area contributed by atoms with Gasteiger partial charge in [0.2, 0.25) is 11.8 Å². The molecule has 2 aromatic carbocycles. The number of nitrogens with one attached hydrogen (secondary N) is 3. The molecule has 1 saturated heterocycles. The van der Waals surface area contributed by atoms with E-state index < -0.39 is 0 Å². The highest BCUT2D eigenvalue weighted by Gasteiger charge is 2.14. The van der Waals surface area contributed by atoms with E-state index in [4.69, 9.17) is 21.7 Å². The Kier molecular flexibility index (Phi) is 8.24. The Hall–Kier alpha value is -3.54. The molecule has 0 radical (unpaired) electrons. The maximum absolute atomic E-state index is 12.5. The molecule has 0 unspecified atom stereocenters. The molecule has 35 heavy (non-hydrogen) atoms. The number of carbonyl (C=O) groups is 2. The molecule has 0 atom stereocenters. The molecule has 0 saturated carbocycles. The maximum Gasteiger partial charge on any atom is 0.238 e. The number of hydrogen-bond acceptors (Lipinski definition) is 7. The number of amides is 2. The Morgan fingerprint density at radius 2 is 1.66 bits per heavy atom. The van der Waals surface area contributed by atoms with Gasteiger partial charge in [-0.15, -0.1) is 0 Å². The number of hydrogen-bond donors (Lipinski definition) is 3. The third kappa shape index (κ3) is 6.75. The van der Waals surface area contributed by atoms with E-state index in [2.05, 4.69) is 25.7 Å². The van der Waals surface area contributed by atoms with Gasteiger partial charge >= 0.3 is 0 Å². The Morgan fingerprint density at radius 1 is 1.03 bits per heavy atom. The molecule has 2 heterocycles. The van der Waals surface area contributed by atoms with Crippen LogP contribution in [0.5, 0.6) is 5.75 Å². The van der Waals surface area contributed by atoms with E-state index >= 15 is 0 Å². The molecule has 4 rings (SSSR count). The first-order valence-corrected chi connectivity index (χ1v) is 11.7. The van der Waals surface area contributed by atoms with Crippen molar-refractivity contribution >= 4 is 35.4 Å². The SMILES string of the molecule is COc1ccc(-c2n[nH]c(=S)n2CCC(=O)Nc2ccc(NC(=O)CN3CCOCC3)cc2)cc1. The molecule has 1 aromatic heterocycles. The van der Waals surface area contributed by atoms with Crippen LogP contribution in [0.25, 0.3) is 11.4 Å². The normalized spacial score (nSPS) is 13.9. The average Bonchev–Trinajstić information content (AvgIpc) is 3.24. The van der Waals surface area contributed by atoms with Crippen LogP contribution in [0.15, 0.2) is 48.5 Å². The second-order valence-corrected chi connectivity index (χ2v) is 8.43. The van der Waals surface area contributed by atoms with Crippen molar-refractivity contribution in [2.24, 2.45) is 0 Å². The number of aromatic amines is 1. The molecule has 0 spiro atoms. The van der Waals surface area contributed by atoms with Gasteiger partial charge in [0.1, 0.15) is 5.75 Å². The molecule has 1 aliphatic heterocycles. The van der Waals surface area contributed by atoms with Crippen LogP contribution < -0.4 is 15.4 Å². The number of rotatable bonds is 9. The molecule has 3 aromatic rings. The third-order valence-electron chi connectivity index (χ3n) is 5.59. The van der Waals surface area contributed by atoms with Gasteiger partial charge in [0.05, 0.1) is 26.9 Å². The average molecular weight is 497 g/mol. The van der Waals surface area contributed by atoms with Crippen LogP contribution in [0, 0.1) is 4.77 Å². The van der Waals surface area contributed by atoms with Gasteiger partial charge in [-0.25, -0.2) is 0 Å². The second-order valence-electron chi connectivity index (χ2n) is 8.04. The van der Waals surface area contributed by atoms with Gasteiger partial charge in [-0.3, -0.25) is 24.2 Å². The van der Waals surface area contributed by atoms with Gasteiger partial charge < -0.3 is 20.1 Å². The number of aromatic nitrogens is 3. The van der Waals surface area contributed by atoms with Crippen molar-refractivity contribution in [3.63, 3.8) is 0 Å². The molecule has 184 valence electrons. The first-order chi connectivity index (χ1) is 17.0. The van der Waals surface area contributed by atoms with Crippen LogP contribution in [0.4, 0.5) is 11.4 Å². The van der Waals surface area contributed by atoms with Crippen molar-refractivity contribution in [2.45, 2.75) is 13.0 Å². The molecule has 2 amide bonds. The van der Waals surface area contributed by atoms with Crippen LogP contribution >= 0.6 is 12.2 Å². The zero-order valence-electron chi connectivity index (χ0n) is 19.5. The first kappa shape index (κ1) is 24.6. The monoisotopic (exact) mass is 496 g/mol. The Labute approximate surface area is 208 Å². The number of ether oxygens (including phenoxy) is 2. The number of anilines is 2. The van der Waals surface area contributed by atoms with E-state index in [0.29, 0.717) is 48.3 Å². The number of methoxy groups -OCH3 is 1. The number of H-pyrrole nitrogens is 1. The number of carbonyl (C=O) groups excluding carboxylic acids is 2.